The lowest BCUT2D eigenvalue weighted by molar-refractivity contribution is 0.331. The fraction of sp³-hybridized carbons (Fsp3) is 0.455. The summed E-state index contributed by atoms with van der Waals surface area (Å²) < 4.78 is 31.5. The first kappa shape index (κ1) is 13.0. The van der Waals surface area contributed by atoms with Gasteiger partial charge in [-0.05, 0) is 31.5 Å². The Labute approximate surface area is 96.7 Å². The Hall–Kier alpha value is -1.07. The first-order valence-electron chi connectivity index (χ1n) is 5.24. The Morgan fingerprint density at radius 2 is 2.00 bits per heavy atom. The maximum absolute atomic E-state index is 11.9. The zero-order valence-electron chi connectivity index (χ0n) is 9.78. The van der Waals surface area contributed by atoms with E-state index >= 15 is 0 Å². The molecule has 0 unspecified atom stereocenters. The van der Waals surface area contributed by atoms with Crippen molar-refractivity contribution in [3.05, 3.63) is 23.8 Å². The number of nitrogens with one attached hydrogen (secondary N) is 1. The summed E-state index contributed by atoms with van der Waals surface area (Å²) >= 11 is 0. The van der Waals surface area contributed by atoms with Crippen LogP contribution in [0.15, 0.2) is 23.1 Å². The fourth-order valence-corrected chi connectivity index (χ4v) is 2.64. The third-order valence-corrected chi connectivity index (χ3v) is 3.59. The van der Waals surface area contributed by atoms with Gasteiger partial charge < -0.3 is 4.74 Å². The van der Waals surface area contributed by atoms with Gasteiger partial charge in [-0.15, -0.1) is 0 Å². The van der Waals surface area contributed by atoms with Crippen LogP contribution in [-0.4, -0.2) is 21.6 Å². The summed E-state index contributed by atoms with van der Waals surface area (Å²) in [6.45, 7) is 6.22. The molecule has 0 bridgehead atoms. The molecule has 5 heteroatoms. The molecule has 1 aromatic carbocycles. The van der Waals surface area contributed by atoms with Gasteiger partial charge in [0.15, 0.2) is 0 Å². The highest BCUT2D eigenvalue weighted by molar-refractivity contribution is 7.89. The summed E-state index contributed by atoms with van der Waals surface area (Å²) in [6.07, 6.45) is 0. The van der Waals surface area contributed by atoms with E-state index in [1.807, 2.05) is 19.9 Å². The predicted molar refractivity (Wildman–Crippen MR) is 63.2 cm³/mol. The Balaban J connectivity index is 3.24. The van der Waals surface area contributed by atoms with Gasteiger partial charge in [0, 0.05) is 6.54 Å². The molecule has 1 rings (SSSR count). The van der Waals surface area contributed by atoms with E-state index in [4.69, 9.17) is 4.74 Å². The molecule has 0 radical (unpaired) electrons. The van der Waals surface area contributed by atoms with E-state index in [1.165, 1.54) is 0 Å². The third kappa shape index (κ3) is 2.96. The normalized spacial score (nSPS) is 11.4. The average Bonchev–Trinajstić information content (AvgIpc) is 2.21. The highest BCUT2D eigenvalue weighted by Crippen LogP contribution is 2.24. The standard InChI is InChI=1S/C11H17NO3S/c1-4-12-16(13,14)11-8-9(3)6-7-10(11)15-5-2/h6-8,12H,4-5H2,1-3H3. The van der Waals surface area contributed by atoms with Crippen LogP contribution in [0, 0.1) is 6.92 Å². The molecule has 0 atom stereocenters. The third-order valence-electron chi connectivity index (χ3n) is 2.02. The van der Waals surface area contributed by atoms with Gasteiger partial charge in [0.1, 0.15) is 10.6 Å². The Morgan fingerprint density at radius 1 is 1.31 bits per heavy atom. The summed E-state index contributed by atoms with van der Waals surface area (Å²) in [5.41, 5.74) is 0.889. The van der Waals surface area contributed by atoms with E-state index < -0.39 is 10.0 Å². The van der Waals surface area contributed by atoms with E-state index in [0.717, 1.165) is 5.56 Å². The second-order valence-corrected chi connectivity index (χ2v) is 5.12. The zero-order chi connectivity index (χ0) is 12.2. The van der Waals surface area contributed by atoms with Gasteiger partial charge in [0.25, 0.3) is 0 Å². The molecule has 0 saturated heterocycles. The van der Waals surface area contributed by atoms with Crippen LogP contribution in [0.3, 0.4) is 0 Å². The summed E-state index contributed by atoms with van der Waals surface area (Å²) in [6, 6.07) is 5.13. The summed E-state index contributed by atoms with van der Waals surface area (Å²) in [7, 11) is -3.46. The van der Waals surface area contributed by atoms with Crippen molar-refractivity contribution < 1.29 is 13.2 Å². The van der Waals surface area contributed by atoms with Crippen LogP contribution in [0.4, 0.5) is 0 Å². The second kappa shape index (κ2) is 5.32. The maximum Gasteiger partial charge on any atom is 0.244 e. The highest BCUT2D eigenvalue weighted by atomic mass is 32.2. The molecule has 0 heterocycles. The van der Waals surface area contributed by atoms with E-state index in [0.29, 0.717) is 18.9 Å². The number of rotatable bonds is 5. The second-order valence-electron chi connectivity index (χ2n) is 3.38. The highest BCUT2D eigenvalue weighted by Gasteiger charge is 2.18. The minimum absolute atomic E-state index is 0.205. The molecule has 1 N–H and O–H groups in total. The van der Waals surface area contributed by atoms with Gasteiger partial charge in [0.05, 0.1) is 6.61 Å². The van der Waals surface area contributed by atoms with Gasteiger partial charge >= 0.3 is 0 Å². The van der Waals surface area contributed by atoms with Gasteiger partial charge in [0.2, 0.25) is 10.0 Å². The Kier molecular flexibility index (Phi) is 4.32. The van der Waals surface area contributed by atoms with Crippen molar-refractivity contribution >= 4 is 10.0 Å². The number of hydrogen-bond donors (Lipinski definition) is 1. The summed E-state index contributed by atoms with van der Waals surface area (Å²) in [5.74, 6) is 0.397. The quantitative estimate of drug-likeness (QED) is 0.856. The monoisotopic (exact) mass is 243 g/mol. The molecule has 0 saturated carbocycles. The number of benzene rings is 1. The van der Waals surface area contributed by atoms with Crippen molar-refractivity contribution in [2.24, 2.45) is 0 Å². The topological polar surface area (TPSA) is 55.4 Å². The maximum atomic E-state index is 11.9. The van der Waals surface area contributed by atoms with Crippen molar-refractivity contribution in [3.8, 4) is 5.75 Å². The molecule has 16 heavy (non-hydrogen) atoms. The van der Waals surface area contributed by atoms with Crippen molar-refractivity contribution in [1.29, 1.82) is 0 Å². The van der Waals surface area contributed by atoms with Crippen LogP contribution in [0.1, 0.15) is 19.4 Å². The van der Waals surface area contributed by atoms with Crippen LogP contribution in [0.5, 0.6) is 5.75 Å². The minimum Gasteiger partial charge on any atom is -0.492 e. The first-order valence-corrected chi connectivity index (χ1v) is 6.72. The molecule has 0 aliphatic heterocycles. The van der Waals surface area contributed by atoms with Crippen molar-refractivity contribution in [1.82, 2.24) is 4.72 Å². The zero-order valence-corrected chi connectivity index (χ0v) is 10.6. The number of ether oxygens (including phenoxy) is 1. The van der Waals surface area contributed by atoms with Crippen molar-refractivity contribution in [2.75, 3.05) is 13.2 Å². The lowest BCUT2D eigenvalue weighted by atomic mass is 10.2. The molecule has 0 aliphatic carbocycles. The molecular formula is C11H17NO3S. The summed E-state index contributed by atoms with van der Waals surface area (Å²) in [5, 5.41) is 0. The van der Waals surface area contributed by atoms with Gasteiger partial charge in [-0.3, -0.25) is 0 Å². The van der Waals surface area contributed by atoms with Crippen LogP contribution in [0.2, 0.25) is 0 Å². The molecule has 0 aliphatic rings. The molecule has 1 aromatic rings. The number of aryl methyl sites for hydroxylation is 1. The molecule has 0 spiro atoms. The van der Waals surface area contributed by atoms with Gasteiger partial charge in [-0.1, -0.05) is 13.0 Å². The molecule has 4 nitrogen and oxygen atoms in total. The molecule has 90 valence electrons. The lowest BCUT2D eigenvalue weighted by Crippen LogP contribution is -2.23. The van der Waals surface area contributed by atoms with Crippen molar-refractivity contribution in [2.45, 2.75) is 25.7 Å². The molecular weight excluding hydrogens is 226 g/mol. The average molecular weight is 243 g/mol. The van der Waals surface area contributed by atoms with E-state index in [-0.39, 0.29) is 4.90 Å². The predicted octanol–water partition coefficient (Wildman–Crippen LogP) is 1.69. The fourth-order valence-electron chi connectivity index (χ4n) is 1.37. The lowest BCUT2D eigenvalue weighted by Gasteiger charge is -2.11. The van der Waals surface area contributed by atoms with E-state index in [1.54, 1.807) is 19.1 Å². The van der Waals surface area contributed by atoms with E-state index in [9.17, 15) is 8.42 Å². The SMILES string of the molecule is CCNS(=O)(=O)c1cc(C)ccc1OCC. The summed E-state index contributed by atoms with van der Waals surface area (Å²) in [4.78, 5) is 0.205. The molecule has 0 fully saturated rings. The van der Waals surface area contributed by atoms with Crippen LogP contribution in [0.25, 0.3) is 0 Å². The minimum atomic E-state index is -3.46. The molecule has 0 amide bonds. The van der Waals surface area contributed by atoms with E-state index in [2.05, 4.69) is 4.72 Å². The Morgan fingerprint density at radius 3 is 2.56 bits per heavy atom. The smallest absolute Gasteiger partial charge is 0.244 e. The van der Waals surface area contributed by atoms with Crippen LogP contribution < -0.4 is 9.46 Å². The Bertz CT molecular complexity index is 454. The van der Waals surface area contributed by atoms with Crippen LogP contribution in [-0.2, 0) is 10.0 Å². The first-order chi connectivity index (χ1) is 7.51. The number of hydrogen-bond acceptors (Lipinski definition) is 3. The molecule has 0 aromatic heterocycles. The number of sulfonamides is 1. The van der Waals surface area contributed by atoms with Crippen LogP contribution >= 0.6 is 0 Å². The van der Waals surface area contributed by atoms with Gasteiger partial charge in [-0.25, -0.2) is 13.1 Å². The van der Waals surface area contributed by atoms with Crippen molar-refractivity contribution in [3.63, 3.8) is 0 Å². The largest absolute Gasteiger partial charge is 0.492 e. The van der Waals surface area contributed by atoms with Gasteiger partial charge in [-0.2, -0.15) is 0 Å².